The standard InChI is InChI=1S/C17H26O/c1-3-5-6-7-8-9-10-11-13-16(4-2)17-14-12-15-18-17/h2,12,14-16H,3,5-11,13H2,1H3. The number of hydrogen-bond donors (Lipinski definition) is 0. The van der Waals surface area contributed by atoms with Crippen LogP contribution in [0.3, 0.4) is 0 Å². The minimum atomic E-state index is 0.167. The lowest BCUT2D eigenvalue weighted by Gasteiger charge is -2.07. The van der Waals surface area contributed by atoms with E-state index in [-0.39, 0.29) is 5.92 Å². The largest absolute Gasteiger partial charge is 0.468 e. The molecule has 0 aliphatic carbocycles. The van der Waals surface area contributed by atoms with Crippen molar-refractivity contribution >= 4 is 0 Å². The van der Waals surface area contributed by atoms with Crippen molar-refractivity contribution < 1.29 is 4.42 Å². The molecule has 1 unspecified atom stereocenters. The Labute approximate surface area is 112 Å². The van der Waals surface area contributed by atoms with Crippen molar-refractivity contribution in [1.82, 2.24) is 0 Å². The first kappa shape index (κ1) is 14.9. The quantitative estimate of drug-likeness (QED) is 0.391. The van der Waals surface area contributed by atoms with Crippen LogP contribution in [0.5, 0.6) is 0 Å². The zero-order chi connectivity index (χ0) is 13.1. The van der Waals surface area contributed by atoms with Crippen LogP contribution < -0.4 is 0 Å². The van der Waals surface area contributed by atoms with E-state index in [1.807, 2.05) is 12.1 Å². The first-order valence-electron chi connectivity index (χ1n) is 7.38. The van der Waals surface area contributed by atoms with Gasteiger partial charge in [-0.25, -0.2) is 0 Å². The Morgan fingerprint density at radius 1 is 1.11 bits per heavy atom. The number of hydrogen-bond acceptors (Lipinski definition) is 1. The Bertz CT molecular complexity index is 318. The molecule has 0 spiro atoms. The molecule has 0 radical (unpaired) electrons. The Kier molecular flexibility index (Phi) is 8.13. The van der Waals surface area contributed by atoms with Gasteiger partial charge in [-0.2, -0.15) is 0 Å². The Balaban J connectivity index is 2.02. The predicted molar refractivity (Wildman–Crippen MR) is 77.5 cm³/mol. The lowest BCUT2D eigenvalue weighted by atomic mass is 9.98. The van der Waals surface area contributed by atoms with Gasteiger partial charge in [0.2, 0.25) is 0 Å². The molecule has 1 rings (SSSR count). The van der Waals surface area contributed by atoms with Gasteiger partial charge in [0, 0.05) is 0 Å². The molecule has 0 bridgehead atoms. The minimum absolute atomic E-state index is 0.167. The molecular weight excluding hydrogens is 220 g/mol. The van der Waals surface area contributed by atoms with Crippen LogP contribution in [0.15, 0.2) is 22.8 Å². The minimum Gasteiger partial charge on any atom is -0.468 e. The molecule has 1 heterocycles. The van der Waals surface area contributed by atoms with Crippen molar-refractivity contribution in [2.45, 2.75) is 70.6 Å². The Hall–Kier alpha value is -1.16. The third-order valence-corrected chi connectivity index (χ3v) is 3.43. The summed E-state index contributed by atoms with van der Waals surface area (Å²) in [6.45, 7) is 2.26. The SMILES string of the molecule is C#CC(CCCCCCCCCC)c1ccco1. The van der Waals surface area contributed by atoms with Gasteiger partial charge in [0.1, 0.15) is 5.76 Å². The summed E-state index contributed by atoms with van der Waals surface area (Å²) in [5, 5.41) is 0. The fourth-order valence-corrected chi connectivity index (χ4v) is 2.28. The van der Waals surface area contributed by atoms with Crippen LogP contribution in [0, 0.1) is 12.3 Å². The molecule has 1 nitrogen and oxygen atoms in total. The van der Waals surface area contributed by atoms with Crippen LogP contribution in [-0.2, 0) is 0 Å². The van der Waals surface area contributed by atoms with Gasteiger partial charge in [-0.3, -0.25) is 0 Å². The average molecular weight is 246 g/mol. The highest BCUT2D eigenvalue weighted by molar-refractivity contribution is 5.16. The van der Waals surface area contributed by atoms with E-state index in [4.69, 9.17) is 10.8 Å². The van der Waals surface area contributed by atoms with Crippen molar-refractivity contribution in [3.8, 4) is 12.3 Å². The van der Waals surface area contributed by atoms with E-state index < -0.39 is 0 Å². The maximum Gasteiger partial charge on any atom is 0.118 e. The van der Waals surface area contributed by atoms with Crippen molar-refractivity contribution in [2.75, 3.05) is 0 Å². The molecular formula is C17H26O. The van der Waals surface area contributed by atoms with Crippen LogP contribution in [0.4, 0.5) is 0 Å². The topological polar surface area (TPSA) is 13.1 Å². The zero-order valence-electron chi connectivity index (χ0n) is 11.7. The fraction of sp³-hybridized carbons (Fsp3) is 0.647. The molecule has 18 heavy (non-hydrogen) atoms. The lowest BCUT2D eigenvalue weighted by molar-refractivity contribution is 0.471. The summed E-state index contributed by atoms with van der Waals surface area (Å²) in [5.74, 6) is 3.94. The van der Waals surface area contributed by atoms with E-state index in [9.17, 15) is 0 Å². The highest BCUT2D eigenvalue weighted by Gasteiger charge is 2.10. The molecule has 1 atom stereocenters. The molecule has 0 N–H and O–H groups in total. The molecule has 0 fully saturated rings. The van der Waals surface area contributed by atoms with E-state index in [0.29, 0.717) is 0 Å². The van der Waals surface area contributed by atoms with Gasteiger partial charge in [0.05, 0.1) is 12.2 Å². The first-order valence-corrected chi connectivity index (χ1v) is 7.38. The third-order valence-electron chi connectivity index (χ3n) is 3.43. The molecule has 0 amide bonds. The van der Waals surface area contributed by atoms with Crippen LogP contribution in [0.25, 0.3) is 0 Å². The summed E-state index contributed by atoms with van der Waals surface area (Å²) in [6.07, 6.45) is 19.0. The molecule has 0 aliphatic rings. The van der Waals surface area contributed by atoms with Crippen LogP contribution in [-0.4, -0.2) is 0 Å². The van der Waals surface area contributed by atoms with Crippen molar-refractivity contribution in [1.29, 1.82) is 0 Å². The molecule has 0 saturated carbocycles. The summed E-state index contributed by atoms with van der Waals surface area (Å²) >= 11 is 0. The van der Waals surface area contributed by atoms with E-state index >= 15 is 0 Å². The molecule has 1 heteroatoms. The van der Waals surface area contributed by atoms with Gasteiger partial charge in [-0.15, -0.1) is 6.42 Å². The normalized spacial score (nSPS) is 12.2. The molecule has 0 saturated heterocycles. The van der Waals surface area contributed by atoms with Gasteiger partial charge < -0.3 is 4.42 Å². The summed E-state index contributed by atoms with van der Waals surface area (Å²) < 4.78 is 5.37. The smallest absolute Gasteiger partial charge is 0.118 e. The van der Waals surface area contributed by atoms with Crippen LogP contribution in [0.2, 0.25) is 0 Å². The monoisotopic (exact) mass is 246 g/mol. The summed E-state index contributed by atoms with van der Waals surface area (Å²) in [5.41, 5.74) is 0. The van der Waals surface area contributed by atoms with Gasteiger partial charge >= 0.3 is 0 Å². The lowest BCUT2D eigenvalue weighted by Crippen LogP contribution is -1.94. The van der Waals surface area contributed by atoms with Gasteiger partial charge in [0.25, 0.3) is 0 Å². The van der Waals surface area contributed by atoms with E-state index in [0.717, 1.165) is 12.2 Å². The number of rotatable bonds is 10. The average Bonchev–Trinajstić information content (AvgIpc) is 2.91. The Morgan fingerprint density at radius 3 is 2.33 bits per heavy atom. The maximum absolute atomic E-state index is 5.55. The number of unbranched alkanes of at least 4 members (excludes halogenated alkanes) is 7. The van der Waals surface area contributed by atoms with E-state index in [2.05, 4.69) is 12.8 Å². The summed E-state index contributed by atoms with van der Waals surface area (Å²) in [4.78, 5) is 0. The molecule has 0 aliphatic heterocycles. The Morgan fingerprint density at radius 2 is 1.78 bits per heavy atom. The number of furan rings is 1. The van der Waals surface area contributed by atoms with E-state index in [1.54, 1.807) is 6.26 Å². The van der Waals surface area contributed by atoms with Gasteiger partial charge in [-0.1, -0.05) is 64.2 Å². The summed E-state index contributed by atoms with van der Waals surface area (Å²) in [7, 11) is 0. The van der Waals surface area contributed by atoms with E-state index in [1.165, 1.54) is 51.4 Å². The number of terminal acetylenes is 1. The highest BCUT2D eigenvalue weighted by atomic mass is 16.3. The van der Waals surface area contributed by atoms with Crippen molar-refractivity contribution in [3.63, 3.8) is 0 Å². The molecule has 1 aromatic rings. The van der Waals surface area contributed by atoms with Crippen molar-refractivity contribution in [2.24, 2.45) is 0 Å². The summed E-state index contributed by atoms with van der Waals surface area (Å²) in [6, 6.07) is 3.89. The maximum atomic E-state index is 5.55. The third kappa shape index (κ3) is 5.96. The predicted octanol–water partition coefficient (Wildman–Crippen LogP) is 5.53. The van der Waals surface area contributed by atoms with Gasteiger partial charge in [-0.05, 0) is 18.6 Å². The second-order valence-corrected chi connectivity index (χ2v) is 5.00. The second-order valence-electron chi connectivity index (χ2n) is 5.00. The molecule has 100 valence electrons. The fourth-order valence-electron chi connectivity index (χ4n) is 2.28. The highest BCUT2D eigenvalue weighted by Crippen LogP contribution is 2.22. The second kappa shape index (κ2) is 9.83. The van der Waals surface area contributed by atoms with Crippen molar-refractivity contribution in [3.05, 3.63) is 24.2 Å². The van der Waals surface area contributed by atoms with Gasteiger partial charge in [0.15, 0.2) is 0 Å². The zero-order valence-corrected chi connectivity index (χ0v) is 11.7. The molecule has 1 aromatic heterocycles. The molecule has 0 aromatic carbocycles. The van der Waals surface area contributed by atoms with Crippen LogP contribution in [0.1, 0.15) is 76.4 Å². The van der Waals surface area contributed by atoms with Crippen LogP contribution >= 0.6 is 0 Å². The first-order chi connectivity index (χ1) is 8.88.